The van der Waals surface area contributed by atoms with Crippen molar-refractivity contribution >= 4 is 44.8 Å². The molecule has 2 rings (SSSR count). The maximum atomic E-state index is 13.6. The van der Waals surface area contributed by atoms with Crippen LogP contribution < -0.4 is 11.1 Å². The zero-order valence-electron chi connectivity index (χ0n) is 9.88. The Bertz CT molecular complexity index is 651. The summed E-state index contributed by atoms with van der Waals surface area (Å²) in [5.41, 5.74) is 5.92. The van der Waals surface area contributed by atoms with Gasteiger partial charge in [-0.3, -0.25) is 4.79 Å². The maximum absolute atomic E-state index is 13.6. The van der Waals surface area contributed by atoms with Crippen molar-refractivity contribution < 1.29 is 13.6 Å². The molecule has 0 radical (unpaired) electrons. The van der Waals surface area contributed by atoms with Gasteiger partial charge in [0.15, 0.2) is 5.82 Å². The van der Waals surface area contributed by atoms with Crippen LogP contribution in [-0.2, 0) is 0 Å². The average molecular weight is 362 g/mol. The van der Waals surface area contributed by atoms with Gasteiger partial charge in [0.2, 0.25) is 0 Å². The molecule has 3 N–H and O–H groups in total. The van der Waals surface area contributed by atoms with Crippen LogP contribution in [-0.4, -0.2) is 5.91 Å². The third-order valence-corrected chi connectivity index (χ3v) is 3.18. The lowest BCUT2D eigenvalue weighted by molar-refractivity contribution is 0.102. The minimum absolute atomic E-state index is 0.219. The number of carbonyl (C=O) groups is 1. The average Bonchev–Trinajstić information content (AvgIpc) is 2.32. The molecule has 0 bridgehead atoms. The van der Waals surface area contributed by atoms with Crippen molar-refractivity contribution in [1.29, 1.82) is 0 Å². The Labute approximate surface area is 126 Å². The number of hydrogen-bond donors (Lipinski definition) is 2. The summed E-state index contributed by atoms with van der Waals surface area (Å²) in [6.45, 7) is 0. The lowest BCUT2D eigenvalue weighted by Gasteiger charge is -2.09. The molecule has 2 aromatic rings. The van der Waals surface area contributed by atoms with E-state index in [1.54, 1.807) is 6.07 Å². The number of nitrogen functional groups attached to an aromatic ring is 1. The first-order valence-corrected chi connectivity index (χ1v) is 6.56. The lowest BCUT2D eigenvalue weighted by atomic mass is 10.2. The zero-order chi connectivity index (χ0) is 14.9. The number of rotatable bonds is 2. The van der Waals surface area contributed by atoms with Crippen LogP contribution in [0.2, 0.25) is 5.02 Å². The second kappa shape index (κ2) is 5.76. The van der Waals surface area contributed by atoms with Gasteiger partial charge in [0, 0.05) is 21.8 Å². The highest BCUT2D eigenvalue weighted by Gasteiger charge is 2.15. The van der Waals surface area contributed by atoms with Crippen molar-refractivity contribution in [1.82, 2.24) is 0 Å². The van der Waals surface area contributed by atoms with Gasteiger partial charge in [-0.15, -0.1) is 0 Å². The molecule has 0 aliphatic heterocycles. The molecule has 3 nitrogen and oxygen atoms in total. The second-order valence-corrected chi connectivity index (χ2v) is 5.29. The summed E-state index contributed by atoms with van der Waals surface area (Å²) in [7, 11) is 0. The Kier molecular flexibility index (Phi) is 4.25. The molecule has 0 aromatic heterocycles. The predicted molar refractivity (Wildman–Crippen MR) is 77.9 cm³/mol. The van der Waals surface area contributed by atoms with E-state index in [9.17, 15) is 13.6 Å². The van der Waals surface area contributed by atoms with Crippen molar-refractivity contribution in [3.05, 3.63) is 57.0 Å². The van der Waals surface area contributed by atoms with Gasteiger partial charge in [-0.25, -0.2) is 8.78 Å². The molecular formula is C13H8BrClF2N2O. The fourth-order valence-electron chi connectivity index (χ4n) is 1.59. The summed E-state index contributed by atoms with van der Waals surface area (Å²) in [5, 5.41) is 2.06. The fourth-order valence-corrected chi connectivity index (χ4v) is 2.34. The Morgan fingerprint density at radius 1 is 1.20 bits per heavy atom. The van der Waals surface area contributed by atoms with E-state index in [0.29, 0.717) is 16.2 Å². The number of halogens is 4. The summed E-state index contributed by atoms with van der Waals surface area (Å²) in [6, 6.07) is 6.10. The maximum Gasteiger partial charge on any atom is 0.255 e. The summed E-state index contributed by atoms with van der Waals surface area (Å²) in [4.78, 5) is 12.0. The Balaban J connectivity index is 2.32. The van der Waals surface area contributed by atoms with E-state index >= 15 is 0 Å². The predicted octanol–water partition coefficient (Wildman–Crippen LogP) is 4.22. The molecule has 0 saturated carbocycles. The fraction of sp³-hybridized carbons (Fsp3) is 0. The van der Waals surface area contributed by atoms with Crippen LogP contribution in [0.3, 0.4) is 0 Å². The monoisotopic (exact) mass is 360 g/mol. The highest BCUT2D eigenvalue weighted by atomic mass is 79.9. The highest BCUT2D eigenvalue weighted by Crippen LogP contribution is 2.27. The first-order valence-electron chi connectivity index (χ1n) is 5.39. The molecule has 0 atom stereocenters. The third kappa shape index (κ3) is 3.26. The number of nitrogens with two attached hydrogens (primary N) is 1. The molecule has 104 valence electrons. The SMILES string of the molecule is Nc1cc(Br)cc(C(=O)Nc2c(F)cc(F)cc2Cl)c1. The molecule has 1 amide bonds. The van der Waals surface area contributed by atoms with Crippen molar-refractivity contribution in [2.45, 2.75) is 0 Å². The topological polar surface area (TPSA) is 55.1 Å². The summed E-state index contributed by atoms with van der Waals surface area (Å²) in [5.74, 6) is -2.38. The van der Waals surface area contributed by atoms with Gasteiger partial charge in [-0.2, -0.15) is 0 Å². The number of carbonyl (C=O) groups excluding carboxylic acids is 1. The first-order chi connectivity index (χ1) is 9.36. The number of hydrogen-bond acceptors (Lipinski definition) is 2. The normalized spacial score (nSPS) is 10.4. The molecule has 0 aliphatic rings. The van der Waals surface area contributed by atoms with Gasteiger partial charge in [0.05, 0.1) is 10.7 Å². The third-order valence-electron chi connectivity index (χ3n) is 2.43. The van der Waals surface area contributed by atoms with Gasteiger partial charge in [0.25, 0.3) is 5.91 Å². The second-order valence-electron chi connectivity index (χ2n) is 3.97. The molecule has 7 heteroatoms. The summed E-state index contributed by atoms with van der Waals surface area (Å²) >= 11 is 8.90. The van der Waals surface area contributed by atoms with Crippen molar-refractivity contribution in [2.24, 2.45) is 0 Å². The van der Waals surface area contributed by atoms with E-state index in [1.807, 2.05) is 0 Å². The number of nitrogens with one attached hydrogen (secondary N) is 1. The number of amides is 1. The number of anilines is 2. The van der Waals surface area contributed by atoms with Crippen LogP contribution in [0.5, 0.6) is 0 Å². The van der Waals surface area contributed by atoms with E-state index in [2.05, 4.69) is 21.2 Å². The van der Waals surface area contributed by atoms with Crippen LogP contribution in [0.15, 0.2) is 34.8 Å². The smallest absolute Gasteiger partial charge is 0.255 e. The van der Waals surface area contributed by atoms with Gasteiger partial charge in [-0.1, -0.05) is 27.5 Å². The lowest BCUT2D eigenvalue weighted by Crippen LogP contribution is -2.14. The Hall–Kier alpha value is -1.66. The minimum atomic E-state index is -0.952. The van der Waals surface area contributed by atoms with Crippen LogP contribution in [0.4, 0.5) is 20.2 Å². The van der Waals surface area contributed by atoms with E-state index in [1.165, 1.54) is 12.1 Å². The van der Waals surface area contributed by atoms with Gasteiger partial charge in [-0.05, 0) is 24.3 Å². The van der Waals surface area contributed by atoms with Gasteiger partial charge < -0.3 is 11.1 Å². The van der Waals surface area contributed by atoms with Gasteiger partial charge in [0.1, 0.15) is 5.82 Å². The van der Waals surface area contributed by atoms with Crippen molar-refractivity contribution in [3.63, 3.8) is 0 Å². The highest BCUT2D eigenvalue weighted by molar-refractivity contribution is 9.10. The van der Waals surface area contributed by atoms with Crippen LogP contribution in [0, 0.1) is 11.6 Å². The van der Waals surface area contributed by atoms with Crippen LogP contribution in [0.1, 0.15) is 10.4 Å². The summed E-state index contributed by atoms with van der Waals surface area (Å²) < 4.78 is 27.1. The van der Waals surface area contributed by atoms with E-state index in [0.717, 1.165) is 6.07 Å². The minimum Gasteiger partial charge on any atom is -0.399 e. The molecule has 2 aromatic carbocycles. The van der Waals surface area contributed by atoms with E-state index in [-0.39, 0.29) is 16.3 Å². The number of benzene rings is 2. The van der Waals surface area contributed by atoms with E-state index < -0.39 is 17.5 Å². The molecule has 0 heterocycles. The largest absolute Gasteiger partial charge is 0.399 e. The Morgan fingerprint density at radius 3 is 2.50 bits per heavy atom. The van der Waals surface area contributed by atoms with Crippen LogP contribution in [0.25, 0.3) is 0 Å². The molecule has 0 fully saturated rings. The molecule has 0 spiro atoms. The molecule has 0 saturated heterocycles. The molecule has 20 heavy (non-hydrogen) atoms. The molecular weight excluding hydrogens is 354 g/mol. The zero-order valence-corrected chi connectivity index (χ0v) is 12.2. The molecule has 0 unspecified atom stereocenters. The van der Waals surface area contributed by atoms with Crippen LogP contribution >= 0.6 is 27.5 Å². The summed E-state index contributed by atoms with van der Waals surface area (Å²) in [6.07, 6.45) is 0. The Morgan fingerprint density at radius 2 is 1.90 bits per heavy atom. The van der Waals surface area contributed by atoms with Crippen molar-refractivity contribution in [2.75, 3.05) is 11.1 Å². The standard InChI is InChI=1S/C13H8BrClF2N2O/c14-7-1-6(2-9(18)3-7)13(20)19-12-10(15)4-8(16)5-11(12)17/h1-5H,18H2,(H,19,20). The first kappa shape index (κ1) is 14.7. The molecule has 0 aliphatic carbocycles. The van der Waals surface area contributed by atoms with E-state index in [4.69, 9.17) is 17.3 Å². The van der Waals surface area contributed by atoms with Crippen molar-refractivity contribution in [3.8, 4) is 0 Å². The van der Waals surface area contributed by atoms with Gasteiger partial charge >= 0.3 is 0 Å². The quantitative estimate of drug-likeness (QED) is 0.787.